The van der Waals surface area contributed by atoms with Crippen molar-refractivity contribution < 1.29 is 14.3 Å². The zero-order valence-corrected chi connectivity index (χ0v) is 20.1. The Morgan fingerprint density at radius 1 is 1.00 bits per heavy atom. The van der Waals surface area contributed by atoms with Crippen LogP contribution in [0.3, 0.4) is 0 Å². The van der Waals surface area contributed by atoms with Crippen LogP contribution in [0.25, 0.3) is 5.57 Å². The lowest BCUT2D eigenvalue weighted by Crippen LogP contribution is -2.39. The molecule has 2 heterocycles. The molecule has 2 aromatic carbocycles. The average Bonchev–Trinajstić information content (AvgIpc) is 3.04. The number of imide groups is 1. The van der Waals surface area contributed by atoms with E-state index in [0.717, 1.165) is 48.4 Å². The lowest BCUT2D eigenvalue weighted by atomic mass is 9.97. The first-order valence-corrected chi connectivity index (χ1v) is 12.0. The molecule has 0 spiro atoms. The van der Waals surface area contributed by atoms with Gasteiger partial charge in [0.15, 0.2) is 0 Å². The van der Waals surface area contributed by atoms with E-state index in [4.69, 9.17) is 4.74 Å². The molecule has 5 heteroatoms. The Morgan fingerprint density at radius 2 is 1.70 bits per heavy atom. The molecule has 1 fully saturated rings. The first-order valence-electron chi connectivity index (χ1n) is 12.0. The van der Waals surface area contributed by atoms with E-state index in [1.807, 2.05) is 55.5 Å². The zero-order chi connectivity index (χ0) is 23.5. The molecule has 2 aliphatic rings. The molecular weight excluding hydrogens is 412 g/mol. The van der Waals surface area contributed by atoms with Crippen molar-refractivity contribution in [2.45, 2.75) is 47.1 Å². The summed E-state index contributed by atoms with van der Waals surface area (Å²) in [6, 6.07) is 15.6. The molecule has 0 N–H and O–H groups in total. The molecule has 2 amide bonds. The number of ether oxygens (including phenoxy) is 1. The highest BCUT2D eigenvalue weighted by atomic mass is 16.5. The minimum absolute atomic E-state index is 0.190. The average molecular weight is 447 g/mol. The highest BCUT2D eigenvalue weighted by Crippen LogP contribution is 2.35. The van der Waals surface area contributed by atoms with Crippen LogP contribution in [-0.2, 0) is 16.1 Å². The summed E-state index contributed by atoms with van der Waals surface area (Å²) in [7, 11) is 0. The first-order chi connectivity index (χ1) is 15.8. The molecule has 2 aromatic rings. The predicted octanol–water partition coefficient (Wildman–Crippen LogP) is 5.04. The molecule has 1 atom stereocenters. The second-order valence-electron chi connectivity index (χ2n) is 9.83. The van der Waals surface area contributed by atoms with Crippen LogP contribution in [0.4, 0.5) is 0 Å². The summed E-state index contributed by atoms with van der Waals surface area (Å²) in [4.78, 5) is 30.7. The van der Waals surface area contributed by atoms with E-state index >= 15 is 0 Å². The van der Waals surface area contributed by atoms with Crippen LogP contribution >= 0.6 is 0 Å². The van der Waals surface area contributed by atoms with Crippen LogP contribution in [0, 0.1) is 18.8 Å². The third-order valence-corrected chi connectivity index (χ3v) is 6.30. The fourth-order valence-corrected chi connectivity index (χ4v) is 4.51. The standard InChI is InChI=1S/C28H34N2O3/c1-19(2)18-33-24-13-11-23(12-14-24)25-26(29-15-5-6-21(4)16-29)28(32)30(27(25)31)17-22-9-7-20(3)8-10-22/h7-14,19,21H,5-6,15-18H2,1-4H3. The van der Waals surface area contributed by atoms with E-state index in [2.05, 4.69) is 25.7 Å². The highest BCUT2D eigenvalue weighted by Gasteiger charge is 2.42. The first kappa shape index (κ1) is 23.1. The Morgan fingerprint density at radius 3 is 2.33 bits per heavy atom. The van der Waals surface area contributed by atoms with Gasteiger partial charge < -0.3 is 9.64 Å². The van der Waals surface area contributed by atoms with E-state index < -0.39 is 0 Å². The van der Waals surface area contributed by atoms with E-state index in [1.165, 1.54) is 4.90 Å². The predicted molar refractivity (Wildman–Crippen MR) is 130 cm³/mol. The number of benzene rings is 2. The minimum Gasteiger partial charge on any atom is -0.493 e. The van der Waals surface area contributed by atoms with Crippen molar-refractivity contribution in [1.29, 1.82) is 0 Å². The molecule has 0 radical (unpaired) electrons. The smallest absolute Gasteiger partial charge is 0.278 e. The van der Waals surface area contributed by atoms with Crippen molar-refractivity contribution >= 4 is 17.4 Å². The molecule has 174 valence electrons. The number of carbonyl (C=O) groups is 2. The molecule has 0 aromatic heterocycles. The maximum Gasteiger partial charge on any atom is 0.278 e. The van der Waals surface area contributed by atoms with Crippen LogP contribution in [0.15, 0.2) is 54.2 Å². The van der Waals surface area contributed by atoms with Gasteiger partial charge in [-0.1, -0.05) is 62.7 Å². The maximum absolute atomic E-state index is 13.6. The van der Waals surface area contributed by atoms with Crippen molar-refractivity contribution in [2.24, 2.45) is 11.8 Å². The topological polar surface area (TPSA) is 49.9 Å². The van der Waals surface area contributed by atoms with Gasteiger partial charge in [-0.25, -0.2) is 0 Å². The monoisotopic (exact) mass is 446 g/mol. The second-order valence-corrected chi connectivity index (χ2v) is 9.83. The Bertz CT molecular complexity index is 1040. The largest absolute Gasteiger partial charge is 0.493 e. The zero-order valence-electron chi connectivity index (χ0n) is 20.1. The number of rotatable bonds is 7. The normalized spacial score (nSPS) is 19.1. The SMILES string of the molecule is Cc1ccc(CN2C(=O)C(c3ccc(OCC(C)C)cc3)=C(N3CCCC(C)C3)C2=O)cc1. The van der Waals surface area contributed by atoms with Crippen molar-refractivity contribution in [3.05, 3.63) is 70.9 Å². The van der Waals surface area contributed by atoms with Crippen molar-refractivity contribution in [3.8, 4) is 5.75 Å². The Labute approximate surface area is 197 Å². The second kappa shape index (κ2) is 9.82. The van der Waals surface area contributed by atoms with Crippen molar-refractivity contribution in [1.82, 2.24) is 9.80 Å². The van der Waals surface area contributed by atoms with Gasteiger partial charge in [0, 0.05) is 13.1 Å². The van der Waals surface area contributed by atoms with Crippen molar-refractivity contribution in [3.63, 3.8) is 0 Å². The Kier molecular flexibility index (Phi) is 6.87. The van der Waals surface area contributed by atoms with Gasteiger partial charge in [0.25, 0.3) is 11.8 Å². The van der Waals surface area contributed by atoms with Crippen molar-refractivity contribution in [2.75, 3.05) is 19.7 Å². The Balaban J connectivity index is 1.66. The minimum atomic E-state index is -0.218. The molecule has 5 nitrogen and oxygen atoms in total. The molecule has 1 saturated heterocycles. The van der Waals surface area contributed by atoms with Crippen LogP contribution < -0.4 is 4.74 Å². The van der Waals surface area contributed by atoms with Gasteiger partial charge in [-0.2, -0.15) is 0 Å². The molecule has 33 heavy (non-hydrogen) atoms. The molecule has 0 aliphatic carbocycles. The summed E-state index contributed by atoms with van der Waals surface area (Å²) in [6.45, 7) is 11.0. The van der Waals surface area contributed by atoms with Gasteiger partial charge in [-0.3, -0.25) is 14.5 Å². The third-order valence-electron chi connectivity index (χ3n) is 6.30. The van der Waals surface area contributed by atoms with Gasteiger partial charge >= 0.3 is 0 Å². The molecule has 4 rings (SSSR count). The van der Waals surface area contributed by atoms with Gasteiger partial charge in [-0.05, 0) is 54.9 Å². The summed E-state index contributed by atoms with van der Waals surface area (Å²) in [5.74, 6) is 1.29. The summed E-state index contributed by atoms with van der Waals surface area (Å²) in [6.07, 6.45) is 2.18. The number of nitrogens with zero attached hydrogens (tertiary/aromatic N) is 2. The lowest BCUT2D eigenvalue weighted by Gasteiger charge is -2.33. The van der Waals surface area contributed by atoms with Crippen LogP contribution in [0.5, 0.6) is 5.75 Å². The van der Waals surface area contributed by atoms with Gasteiger partial charge in [0.05, 0.1) is 18.7 Å². The van der Waals surface area contributed by atoms with Gasteiger partial charge in [0.1, 0.15) is 11.4 Å². The third kappa shape index (κ3) is 5.13. The van der Waals surface area contributed by atoms with E-state index in [-0.39, 0.29) is 18.4 Å². The lowest BCUT2D eigenvalue weighted by molar-refractivity contribution is -0.138. The molecule has 0 saturated carbocycles. The summed E-state index contributed by atoms with van der Waals surface area (Å²) < 4.78 is 5.81. The number of hydrogen-bond donors (Lipinski definition) is 0. The number of piperidine rings is 1. The van der Waals surface area contributed by atoms with Crippen LogP contribution in [0.2, 0.25) is 0 Å². The summed E-state index contributed by atoms with van der Waals surface area (Å²) in [5, 5.41) is 0. The fourth-order valence-electron chi connectivity index (χ4n) is 4.51. The quantitative estimate of drug-likeness (QED) is 0.559. The number of likely N-dealkylation sites (tertiary alicyclic amines) is 1. The van der Waals surface area contributed by atoms with E-state index in [1.54, 1.807) is 0 Å². The van der Waals surface area contributed by atoms with Crippen LogP contribution in [0.1, 0.15) is 50.3 Å². The van der Waals surface area contributed by atoms with E-state index in [0.29, 0.717) is 29.7 Å². The van der Waals surface area contributed by atoms with Gasteiger partial charge in [-0.15, -0.1) is 0 Å². The molecule has 0 bridgehead atoms. The van der Waals surface area contributed by atoms with Crippen LogP contribution in [-0.4, -0.2) is 41.3 Å². The summed E-state index contributed by atoms with van der Waals surface area (Å²) in [5.41, 5.74) is 3.93. The number of carbonyl (C=O) groups excluding carboxylic acids is 2. The highest BCUT2D eigenvalue weighted by molar-refractivity contribution is 6.35. The molecule has 1 unspecified atom stereocenters. The molecular formula is C28H34N2O3. The van der Waals surface area contributed by atoms with Gasteiger partial charge in [0.2, 0.25) is 0 Å². The Hall–Kier alpha value is -3.08. The number of amides is 2. The molecule has 2 aliphatic heterocycles. The fraction of sp³-hybridized carbons (Fsp3) is 0.429. The summed E-state index contributed by atoms with van der Waals surface area (Å²) >= 11 is 0. The number of hydrogen-bond acceptors (Lipinski definition) is 4. The van der Waals surface area contributed by atoms with E-state index in [9.17, 15) is 9.59 Å². The number of aryl methyl sites for hydroxylation is 1. The maximum atomic E-state index is 13.6.